The van der Waals surface area contributed by atoms with E-state index in [1.807, 2.05) is 26.8 Å². The number of ether oxygens (including phenoxy) is 1. The minimum atomic E-state index is -0.606. The molecule has 0 fully saturated rings. The molecular formula is C23H38O5. The summed E-state index contributed by atoms with van der Waals surface area (Å²) in [7, 11) is 0. The van der Waals surface area contributed by atoms with Gasteiger partial charge in [-0.3, -0.25) is 4.79 Å². The van der Waals surface area contributed by atoms with Gasteiger partial charge in [-0.15, -0.1) is 0 Å². The second-order valence-corrected chi connectivity index (χ2v) is 8.69. The van der Waals surface area contributed by atoms with E-state index < -0.39 is 18.3 Å². The molecule has 160 valence electrons. The highest BCUT2D eigenvalue weighted by Crippen LogP contribution is 2.44. The number of carbonyl (C=O) groups is 1. The third-order valence-corrected chi connectivity index (χ3v) is 6.50. The SMILES string of the molecule is CC[C@H](O)C[C@H](O)CC[C@@H]1[C@@H]2C(=C[C@@H](O)C[C@@H]2OC(=O)[C@@H](C)CC)C=C[C@@H]1C. The van der Waals surface area contributed by atoms with Crippen LogP contribution in [0.5, 0.6) is 0 Å². The van der Waals surface area contributed by atoms with Gasteiger partial charge >= 0.3 is 5.97 Å². The van der Waals surface area contributed by atoms with E-state index in [0.717, 1.165) is 18.4 Å². The van der Waals surface area contributed by atoms with Crippen molar-refractivity contribution in [2.75, 3.05) is 0 Å². The minimum absolute atomic E-state index is 0.0414. The van der Waals surface area contributed by atoms with Crippen LogP contribution in [0.3, 0.4) is 0 Å². The molecule has 0 aromatic rings. The molecule has 5 heteroatoms. The summed E-state index contributed by atoms with van der Waals surface area (Å²) in [6.45, 7) is 7.90. The molecule has 2 aliphatic carbocycles. The van der Waals surface area contributed by atoms with Gasteiger partial charge in [0.2, 0.25) is 0 Å². The zero-order valence-electron chi connectivity index (χ0n) is 17.8. The standard InChI is InChI=1S/C23H38O5/c1-5-14(3)23(27)28-21-13-19(26)11-16-8-7-15(4)20(22(16)21)10-9-18(25)12-17(24)6-2/h7-8,11,14-15,17-22,24-26H,5-6,9-10,12-13H2,1-4H3/t14-,15-,17-,18+,19+,20-,21-,22-/m0/s1. The van der Waals surface area contributed by atoms with E-state index in [9.17, 15) is 20.1 Å². The third kappa shape index (κ3) is 5.91. The fraction of sp³-hybridized carbons (Fsp3) is 0.783. The second-order valence-electron chi connectivity index (χ2n) is 8.69. The van der Waals surface area contributed by atoms with Crippen molar-refractivity contribution < 1.29 is 24.9 Å². The lowest BCUT2D eigenvalue weighted by atomic mass is 9.66. The highest BCUT2D eigenvalue weighted by molar-refractivity contribution is 5.72. The summed E-state index contributed by atoms with van der Waals surface area (Å²) in [5, 5.41) is 30.3. The van der Waals surface area contributed by atoms with Crippen molar-refractivity contribution in [3.8, 4) is 0 Å². The highest BCUT2D eigenvalue weighted by Gasteiger charge is 2.42. The van der Waals surface area contributed by atoms with Gasteiger partial charge in [0.25, 0.3) is 0 Å². The number of fused-ring (bicyclic) bond motifs is 1. The zero-order chi connectivity index (χ0) is 20.8. The topological polar surface area (TPSA) is 87.0 Å². The first-order valence-electron chi connectivity index (χ1n) is 10.9. The highest BCUT2D eigenvalue weighted by atomic mass is 16.5. The summed E-state index contributed by atoms with van der Waals surface area (Å²) in [6, 6.07) is 0. The van der Waals surface area contributed by atoms with E-state index in [1.165, 1.54) is 0 Å². The number of aliphatic hydroxyl groups is 3. The predicted octanol–water partition coefficient (Wildman–Crippen LogP) is 3.38. The molecule has 0 saturated carbocycles. The first-order chi connectivity index (χ1) is 13.3. The van der Waals surface area contributed by atoms with Crippen molar-refractivity contribution in [1.82, 2.24) is 0 Å². The van der Waals surface area contributed by atoms with Gasteiger partial charge in [0.15, 0.2) is 0 Å². The number of hydrogen-bond acceptors (Lipinski definition) is 5. The Morgan fingerprint density at radius 3 is 2.61 bits per heavy atom. The van der Waals surface area contributed by atoms with Crippen molar-refractivity contribution in [1.29, 1.82) is 0 Å². The molecular weight excluding hydrogens is 356 g/mol. The number of rotatable bonds is 9. The van der Waals surface area contributed by atoms with Gasteiger partial charge in [0, 0.05) is 12.3 Å². The summed E-state index contributed by atoms with van der Waals surface area (Å²) in [5.41, 5.74) is 1.03. The van der Waals surface area contributed by atoms with E-state index in [-0.39, 0.29) is 29.8 Å². The summed E-state index contributed by atoms with van der Waals surface area (Å²) >= 11 is 0. The van der Waals surface area contributed by atoms with E-state index in [0.29, 0.717) is 31.6 Å². The van der Waals surface area contributed by atoms with Crippen LogP contribution >= 0.6 is 0 Å². The van der Waals surface area contributed by atoms with Crippen molar-refractivity contribution in [3.63, 3.8) is 0 Å². The maximum absolute atomic E-state index is 12.4. The smallest absolute Gasteiger partial charge is 0.308 e. The van der Waals surface area contributed by atoms with E-state index in [4.69, 9.17) is 4.74 Å². The Balaban J connectivity index is 2.13. The average Bonchev–Trinajstić information content (AvgIpc) is 2.66. The minimum Gasteiger partial charge on any atom is -0.461 e. The van der Waals surface area contributed by atoms with Gasteiger partial charge in [-0.1, -0.05) is 45.9 Å². The van der Waals surface area contributed by atoms with Crippen LogP contribution in [0.15, 0.2) is 23.8 Å². The van der Waals surface area contributed by atoms with E-state index in [1.54, 1.807) is 0 Å². The molecule has 0 aromatic carbocycles. The van der Waals surface area contributed by atoms with Crippen LogP contribution in [0, 0.1) is 23.7 Å². The molecule has 0 bridgehead atoms. The lowest BCUT2D eigenvalue weighted by molar-refractivity contribution is -0.159. The Morgan fingerprint density at radius 1 is 1.25 bits per heavy atom. The van der Waals surface area contributed by atoms with Crippen LogP contribution in [-0.4, -0.2) is 45.7 Å². The van der Waals surface area contributed by atoms with Crippen LogP contribution in [0.25, 0.3) is 0 Å². The van der Waals surface area contributed by atoms with E-state index >= 15 is 0 Å². The lowest BCUT2D eigenvalue weighted by Crippen LogP contribution is -2.43. The van der Waals surface area contributed by atoms with Crippen LogP contribution in [0.2, 0.25) is 0 Å². The molecule has 0 amide bonds. The molecule has 0 heterocycles. The lowest BCUT2D eigenvalue weighted by Gasteiger charge is -2.43. The molecule has 8 atom stereocenters. The quantitative estimate of drug-likeness (QED) is 0.522. The Kier molecular flexibility index (Phi) is 8.72. The molecule has 0 spiro atoms. The predicted molar refractivity (Wildman–Crippen MR) is 109 cm³/mol. The average molecular weight is 395 g/mol. The Labute approximate surface area is 169 Å². The van der Waals surface area contributed by atoms with Gasteiger partial charge < -0.3 is 20.1 Å². The number of carbonyl (C=O) groups excluding carboxylic acids is 1. The van der Waals surface area contributed by atoms with Gasteiger partial charge in [-0.25, -0.2) is 0 Å². The number of hydrogen-bond donors (Lipinski definition) is 3. The summed E-state index contributed by atoms with van der Waals surface area (Å²) in [6.07, 6.45) is 7.71. The van der Waals surface area contributed by atoms with Crippen LogP contribution in [0.4, 0.5) is 0 Å². The second kappa shape index (κ2) is 10.6. The Hall–Kier alpha value is -1.17. The largest absolute Gasteiger partial charge is 0.461 e. The normalized spacial score (nSPS) is 32.8. The van der Waals surface area contributed by atoms with Gasteiger partial charge in [0.05, 0.1) is 24.2 Å². The zero-order valence-corrected chi connectivity index (χ0v) is 17.8. The van der Waals surface area contributed by atoms with Gasteiger partial charge in [-0.2, -0.15) is 0 Å². The van der Waals surface area contributed by atoms with Crippen molar-refractivity contribution >= 4 is 5.97 Å². The third-order valence-electron chi connectivity index (χ3n) is 6.50. The number of allylic oxidation sites excluding steroid dienone is 2. The van der Waals surface area contributed by atoms with Crippen molar-refractivity contribution in [2.45, 2.75) is 90.6 Å². The van der Waals surface area contributed by atoms with Gasteiger partial charge in [0.1, 0.15) is 6.10 Å². The molecule has 0 radical (unpaired) electrons. The molecule has 5 nitrogen and oxygen atoms in total. The van der Waals surface area contributed by atoms with Gasteiger partial charge in [-0.05, 0) is 49.5 Å². The number of aliphatic hydroxyl groups excluding tert-OH is 3. The molecule has 0 aromatic heterocycles. The molecule has 2 aliphatic rings. The summed E-state index contributed by atoms with van der Waals surface area (Å²) < 4.78 is 5.88. The first-order valence-corrected chi connectivity index (χ1v) is 10.9. The molecule has 28 heavy (non-hydrogen) atoms. The Bertz CT molecular complexity index is 569. The van der Waals surface area contributed by atoms with E-state index in [2.05, 4.69) is 19.1 Å². The fourth-order valence-electron chi connectivity index (χ4n) is 4.40. The maximum atomic E-state index is 12.4. The molecule has 3 N–H and O–H groups in total. The Morgan fingerprint density at radius 2 is 1.96 bits per heavy atom. The number of esters is 1. The monoisotopic (exact) mass is 394 g/mol. The van der Waals surface area contributed by atoms with Crippen LogP contribution < -0.4 is 0 Å². The van der Waals surface area contributed by atoms with Crippen LogP contribution in [0.1, 0.15) is 66.2 Å². The van der Waals surface area contributed by atoms with Crippen molar-refractivity contribution in [3.05, 3.63) is 23.8 Å². The molecule has 2 rings (SSSR count). The molecule has 0 unspecified atom stereocenters. The van der Waals surface area contributed by atoms with Crippen molar-refractivity contribution in [2.24, 2.45) is 23.7 Å². The first kappa shape index (κ1) is 23.1. The maximum Gasteiger partial charge on any atom is 0.308 e. The summed E-state index contributed by atoms with van der Waals surface area (Å²) in [4.78, 5) is 12.4. The van der Waals surface area contributed by atoms with Crippen LogP contribution in [-0.2, 0) is 9.53 Å². The molecule has 0 saturated heterocycles. The molecule has 0 aliphatic heterocycles. The fourth-order valence-corrected chi connectivity index (χ4v) is 4.40. The summed E-state index contributed by atoms with van der Waals surface area (Å²) in [5.74, 6) is 0.212.